The Hall–Kier alpha value is -3.64. The van der Waals surface area contributed by atoms with E-state index in [9.17, 15) is 13.2 Å². The van der Waals surface area contributed by atoms with Crippen LogP contribution in [0.3, 0.4) is 0 Å². The maximum Gasteiger partial charge on any atom is 0.291 e. The number of hydrogen-bond donors (Lipinski definition) is 1. The molecule has 6 heteroatoms. The minimum Gasteiger partial charge on any atom is -0.459 e. The number of carbonyl (C=O) groups excluding carboxylic acids is 1. The van der Waals surface area contributed by atoms with Crippen molar-refractivity contribution in [3.63, 3.8) is 0 Å². The Balaban J connectivity index is 1.38. The van der Waals surface area contributed by atoms with Gasteiger partial charge in [-0.15, -0.1) is 0 Å². The van der Waals surface area contributed by atoms with Gasteiger partial charge in [0.25, 0.3) is 5.91 Å². The zero-order valence-corrected chi connectivity index (χ0v) is 17.4. The van der Waals surface area contributed by atoms with E-state index in [0.29, 0.717) is 11.3 Å². The normalized spacial score (nSPS) is 12.3. The monoisotopic (exact) mass is 429 g/mol. The summed E-state index contributed by atoms with van der Waals surface area (Å²) in [6, 6.07) is 23.7. The van der Waals surface area contributed by atoms with Crippen molar-refractivity contribution in [2.75, 3.05) is 5.32 Å². The van der Waals surface area contributed by atoms with Gasteiger partial charge in [-0.3, -0.25) is 4.79 Å². The molecule has 1 aromatic heterocycles. The highest BCUT2D eigenvalue weighted by atomic mass is 32.2. The van der Waals surface area contributed by atoms with Crippen LogP contribution in [0.15, 0.2) is 94.4 Å². The summed E-state index contributed by atoms with van der Waals surface area (Å²) in [4.78, 5) is 13.1. The summed E-state index contributed by atoms with van der Waals surface area (Å²) in [5.41, 5.74) is 5.70. The molecule has 1 heterocycles. The van der Waals surface area contributed by atoms with Crippen molar-refractivity contribution in [2.45, 2.75) is 17.1 Å². The summed E-state index contributed by atoms with van der Waals surface area (Å²) in [5, 5.41) is 2.84. The number of benzene rings is 3. The summed E-state index contributed by atoms with van der Waals surface area (Å²) in [6.07, 6.45) is 2.21. The molecule has 5 rings (SSSR count). The quantitative estimate of drug-likeness (QED) is 0.423. The molecule has 0 radical (unpaired) electrons. The molecule has 1 amide bonds. The number of furan rings is 1. The van der Waals surface area contributed by atoms with Gasteiger partial charge in [0, 0.05) is 11.3 Å². The van der Waals surface area contributed by atoms with Crippen molar-refractivity contribution in [1.82, 2.24) is 0 Å². The van der Waals surface area contributed by atoms with Crippen LogP contribution in [0.1, 0.15) is 27.2 Å². The van der Waals surface area contributed by atoms with E-state index >= 15 is 0 Å². The minimum absolute atomic E-state index is 0.000375. The van der Waals surface area contributed by atoms with Crippen molar-refractivity contribution < 1.29 is 17.6 Å². The summed E-state index contributed by atoms with van der Waals surface area (Å²) in [7, 11) is -3.59. The Morgan fingerprint density at radius 3 is 2.45 bits per heavy atom. The van der Waals surface area contributed by atoms with Crippen molar-refractivity contribution in [3.05, 3.63) is 108 Å². The standard InChI is InChI=1S/C25H19NO4S/c27-25(24-19(12-13-30-24)16-31(28,29)21-7-2-1-3-8-21)26-20-11-10-18-14-17-6-4-5-9-22(17)23(18)15-20/h1-13,15H,14,16H2,(H,26,27). The molecule has 0 spiro atoms. The lowest BCUT2D eigenvalue weighted by Crippen LogP contribution is -2.15. The second kappa shape index (κ2) is 7.56. The topological polar surface area (TPSA) is 76.4 Å². The van der Waals surface area contributed by atoms with E-state index in [0.717, 1.165) is 12.0 Å². The molecule has 31 heavy (non-hydrogen) atoms. The molecule has 0 unspecified atom stereocenters. The average molecular weight is 429 g/mol. The molecule has 3 aromatic carbocycles. The zero-order valence-electron chi connectivity index (χ0n) is 16.5. The number of sulfone groups is 1. The molecule has 0 atom stereocenters. The van der Waals surface area contributed by atoms with Crippen LogP contribution in [0.4, 0.5) is 5.69 Å². The van der Waals surface area contributed by atoms with Gasteiger partial charge in [0.2, 0.25) is 0 Å². The van der Waals surface area contributed by atoms with E-state index in [4.69, 9.17) is 4.42 Å². The lowest BCUT2D eigenvalue weighted by molar-refractivity contribution is 0.0996. The van der Waals surface area contributed by atoms with E-state index in [1.165, 1.54) is 41.2 Å². The number of anilines is 1. The number of fused-ring (bicyclic) bond motifs is 3. The molecule has 0 saturated carbocycles. The third-order valence-corrected chi connectivity index (χ3v) is 7.14. The summed E-state index contributed by atoms with van der Waals surface area (Å²) < 4.78 is 30.8. The van der Waals surface area contributed by atoms with Crippen LogP contribution in [0.25, 0.3) is 11.1 Å². The SMILES string of the molecule is O=C(Nc1ccc2c(c1)-c1ccccc1C2)c1occc1CS(=O)(=O)c1ccccc1. The van der Waals surface area contributed by atoms with Gasteiger partial charge < -0.3 is 9.73 Å². The molecule has 1 N–H and O–H groups in total. The molecule has 1 aliphatic rings. The molecule has 154 valence electrons. The molecule has 0 saturated heterocycles. The number of hydrogen-bond acceptors (Lipinski definition) is 4. The molecule has 0 fully saturated rings. The third kappa shape index (κ3) is 3.66. The average Bonchev–Trinajstić information content (AvgIpc) is 3.38. The Labute approximate surface area is 180 Å². The van der Waals surface area contributed by atoms with Gasteiger partial charge in [-0.25, -0.2) is 8.42 Å². The lowest BCUT2D eigenvalue weighted by Gasteiger charge is -2.08. The van der Waals surface area contributed by atoms with Gasteiger partial charge in [-0.05, 0) is 59.0 Å². The molecule has 1 aliphatic carbocycles. The molecule has 0 bridgehead atoms. The maximum absolute atomic E-state index is 12.9. The Morgan fingerprint density at radius 2 is 1.61 bits per heavy atom. The fraction of sp³-hybridized carbons (Fsp3) is 0.0800. The fourth-order valence-electron chi connectivity index (χ4n) is 3.95. The van der Waals surface area contributed by atoms with Gasteiger partial charge in [0.1, 0.15) is 0 Å². The van der Waals surface area contributed by atoms with Crippen LogP contribution >= 0.6 is 0 Å². The highest BCUT2D eigenvalue weighted by Crippen LogP contribution is 2.38. The van der Waals surface area contributed by atoms with E-state index in [1.807, 2.05) is 30.3 Å². The third-order valence-electron chi connectivity index (χ3n) is 5.46. The van der Waals surface area contributed by atoms with E-state index in [-0.39, 0.29) is 16.4 Å². The first-order valence-corrected chi connectivity index (χ1v) is 11.5. The summed E-state index contributed by atoms with van der Waals surface area (Å²) in [6.45, 7) is 0. The number of amides is 1. The van der Waals surface area contributed by atoms with Crippen LogP contribution < -0.4 is 5.32 Å². The Bertz CT molecular complexity index is 1390. The first kappa shape index (κ1) is 19.3. The first-order valence-electron chi connectivity index (χ1n) is 9.88. The molecule has 4 aromatic rings. The first-order chi connectivity index (χ1) is 15.0. The second-order valence-electron chi connectivity index (χ2n) is 7.51. The summed E-state index contributed by atoms with van der Waals surface area (Å²) in [5.74, 6) is -0.789. The predicted octanol–water partition coefficient (Wildman–Crippen LogP) is 5.08. The van der Waals surface area contributed by atoms with Gasteiger partial charge in [-0.2, -0.15) is 0 Å². The Morgan fingerprint density at radius 1 is 0.871 bits per heavy atom. The van der Waals surface area contributed by atoms with Crippen molar-refractivity contribution in [1.29, 1.82) is 0 Å². The molecular formula is C25H19NO4S. The lowest BCUT2D eigenvalue weighted by atomic mass is 10.1. The van der Waals surface area contributed by atoms with Gasteiger partial charge in [0.15, 0.2) is 15.6 Å². The fourth-order valence-corrected chi connectivity index (χ4v) is 5.33. The highest BCUT2D eigenvalue weighted by molar-refractivity contribution is 7.90. The molecule has 5 nitrogen and oxygen atoms in total. The number of rotatable bonds is 5. The van der Waals surface area contributed by atoms with E-state index in [1.54, 1.807) is 18.2 Å². The van der Waals surface area contributed by atoms with Crippen molar-refractivity contribution in [2.24, 2.45) is 0 Å². The highest BCUT2D eigenvalue weighted by Gasteiger charge is 2.23. The second-order valence-corrected chi connectivity index (χ2v) is 9.50. The number of carbonyl (C=O) groups is 1. The van der Waals surface area contributed by atoms with Crippen LogP contribution in [0, 0.1) is 0 Å². The van der Waals surface area contributed by atoms with E-state index in [2.05, 4.69) is 17.4 Å². The largest absolute Gasteiger partial charge is 0.459 e. The maximum atomic E-state index is 12.9. The van der Waals surface area contributed by atoms with Crippen LogP contribution in [0.5, 0.6) is 0 Å². The molecule has 0 aliphatic heterocycles. The van der Waals surface area contributed by atoms with Crippen molar-refractivity contribution in [3.8, 4) is 11.1 Å². The number of nitrogens with one attached hydrogen (secondary N) is 1. The van der Waals surface area contributed by atoms with Gasteiger partial charge in [-0.1, -0.05) is 48.5 Å². The van der Waals surface area contributed by atoms with Gasteiger partial charge in [0.05, 0.1) is 16.9 Å². The zero-order chi connectivity index (χ0) is 21.4. The van der Waals surface area contributed by atoms with Crippen LogP contribution in [-0.2, 0) is 22.0 Å². The smallest absolute Gasteiger partial charge is 0.291 e. The van der Waals surface area contributed by atoms with Crippen LogP contribution in [-0.4, -0.2) is 14.3 Å². The molecular weight excluding hydrogens is 410 g/mol. The Kier molecular flexibility index (Phi) is 4.71. The van der Waals surface area contributed by atoms with Crippen LogP contribution in [0.2, 0.25) is 0 Å². The van der Waals surface area contributed by atoms with Gasteiger partial charge >= 0.3 is 0 Å². The predicted molar refractivity (Wildman–Crippen MR) is 119 cm³/mol. The summed E-state index contributed by atoms with van der Waals surface area (Å²) >= 11 is 0. The van der Waals surface area contributed by atoms with E-state index < -0.39 is 15.7 Å². The minimum atomic E-state index is -3.59. The van der Waals surface area contributed by atoms with Crippen molar-refractivity contribution >= 4 is 21.4 Å².